The molecule has 0 fully saturated rings. The van der Waals surface area contributed by atoms with Crippen LogP contribution in [0.25, 0.3) is 0 Å². The molecule has 0 unspecified atom stereocenters. The number of nitro benzene ring substituents is 1. The van der Waals surface area contributed by atoms with Crippen molar-refractivity contribution in [3.63, 3.8) is 0 Å². The second kappa shape index (κ2) is 6.38. The van der Waals surface area contributed by atoms with E-state index in [4.69, 9.17) is 9.47 Å². The molecule has 1 aromatic rings. The van der Waals surface area contributed by atoms with Crippen LogP contribution in [0.5, 0.6) is 11.5 Å². The van der Waals surface area contributed by atoms with E-state index in [2.05, 4.69) is 11.8 Å². The summed E-state index contributed by atoms with van der Waals surface area (Å²) >= 11 is 0. The predicted molar refractivity (Wildman–Crippen MR) is 63.2 cm³/mol. The first-order valence-corrected chi connectivity index (χ1v) is 5.10. The van der Waals surface area contributed by atoms with Gasteiger partial charge >= 0.3 is 0 Å². The molecule has 0 aliphatic carbocycles. The first-order valence-electron chi connectivity index (χ1n) is 5.10. The van der Waals surface area contributed by atoms with Crippen LogP contribution >= 0.6 is 0 Å². The highest BCUT2D eigenvalue weighted by atomic mass is 16.6. The van der Waals surface area contributed by atoms with E-state index in [1.165, 1.54) is 25.3 Å². The number of nitro groups is 1. The van der Waals surface area contributed by atoms with Gasteiger partial charge in [-0.2, -0.15) is 0 Å². The van der Waals surface area contributed by atoms with Gasteiger partial charge in [-0.1, -0.05) is 12.8 Å². The summed E-state index contributed by atoms with van der Waals surface area (Å²) in [5, 5.41) is 10.6. The lowest BCUT2D eigenvalue weighted by Gasteiger charge is -2.07. The Bertz CT molecular complexity index is 459. The maximum atomic E-state index is 10.6. The van der Waals surface area contributed by atoms with Crippen LogP contribution in [0.4, 0.5) is 5.69 Å². The van der Waals surface area contributed by atoms with E-state index >= 15 is 0 Å². The highest BCUT2D eigenvalue weighted by molar-refractivity contribution is 5.48. The van der Waals surface area contributed by atoms with E-state index in [-0.39, 0.29) is 12.3 Å². The summed E-state index contributed by atoms with van der Waals surface area (Å²) in [7, 11) is 1.48. The van der Waals surface area contributed by atoms with Crippen LogP contribution in [-0.4, -0.2) is 18.6 Å². The number of ether oxygens (including phenoxy) is 2. The second-order valence-electron chi connectivity index (χ2n) is 3.09. The van der Waals surface area contributed by atoms with Crippen LogP contribution in [0.2, 0.25) is 0 Å². The number of nitrogens with zero attached hydrogens (tertiary/aromatic N) is 1. The van der Waals surface area contributed by atoms with Crippen molar-refractivity contribution in [1.29, 1.82) is 0 Å². The van der Waals surface area contributed by atoms with Crippen LogP contribution in [0.3, 0.4) is 0 Å². The van der Waals surface area contributed by atoms with Crippen molar-refractivity contribution < 1.29 is 14.4 Å². The Balaban J connectivity index is 2.86. The maximum Gasteiger partial charge on any atom is 0.273 e. The summed E-state index contributed by atoms with van der Waals surface area (Å²) < 4.78 is 10.4. The minimum absolute atomic E-state index is 0.0377. The number of non-ortho nitro benzene ring substituents is 1. The molecule has 5 nitrogen and oxygen atoms in total. The van der Waals surface area contributed by atoms with E-state index < -0.39 is 4.92 Å². The van der Waals surface area contributed by atoms with E-state index in [1.54, 1.807) is 0 Å². The third-order valence-corrected chi connectivity index (χ3v) is 1.96. The van der Waals surface area contributed by atoms with E-state index in [0.717, 1.165) is 6.42 Å². The fourth-order valence-corrected chi connectivity index (χ4v) is 1.18. The van der Waals surface area contributed by atoms with Crippen molar-refractivity contribution in [3.05, 3.63) is 28.3 Å². The van der Waals surface area contributed by atoms with Crippen molar-refractivity contribution in [2.75, 3.05) is 13.7 Å². The van der Waals surface area contributed by atoms with Gasteiger partial charge in [0, 0.05) is 12.5 Å². The Hall–Kier alpha value is -2.22. The third-order valence-electron chi connectivity index (χ3n) is 1.96. The average Bonchev–Trinajstić information content (AvgIpc) is 2.34. The van der Waals surface area contributed by atoms with Crippen LogP contribution in [0.15, 0.2) is 18.2 Å². The van der Waals surface area contributed by atoms with Gasteiger partial charge in [0.1, 0.15) is 6.61 Å². The number of hydrogen-bond acceptors (Lipinski definition) is 4. The first-order chi connectivity index (χ1) is 8.19. The van der Waals surface area contributed by atoms with Gasteiger partial charge in [0.05, 0.1) is 18.1 Å². The number of hydrogen-bond donors (Lipinski definition) is 0. The lowest BCUT2D eigenvalue weighted by atomic mass is 10.3. The Morgan fingerprint density at radius 1 is 1.35 bits per heavy atom. The van der Waals surface area contributed by atoms with Gasteiger partial charge < -0.3 is 9.47 Å². The molecule has 0 spiro atoms. The van der Waals surface area contributed by atoms with E-state index in [0.29, 0.717) is 11.5 Å². The van der Waals surface area contributed by atoms with Crippen molar-refractivity contribution >= 4 is 5.69 Å². The number of rotatable bonds is 4. The molecule has 0 N–H and O–H groups in total. The van der Waals surface area contributed by atoms with Crippen molar-refractivity contribution in [2.24, 2.45) is 0 Å². The smallest absolute Gasteiger partial charge is 0.273 e. The van der Waals surface area contributed by atoms with Crippen molar-refractivity contribution in [3.8, 4) is 23.3 Å². The highest BCUT2D eigenvalue weighted by Crippen LogP contribution is 2.30. The Morgan fingerprint density at radius 2 is 2.12 bits per heavy atom. The van der Waals surface area contributed by atoms with Crippen molar-refractivity contribution in [1.82, 2.24) is 0 Å². The molecule has 90 valence electrons. The summed E-state index contributed by atoms with van der Waals surface area (Å²) in [5.41, 5.74) is -0.0377. The second-order valence-corrected chi connectivity index (χ2v) is 3.09. The number of benzene rings is 1. The van der Waals surface area contributed by atoms with Crippen LogP contribution in [0.1, 0.15) is 13.3 Å². The lowest BCUT2D eigenvalue weighted by Crippen LogP contribution is -1.98. The molecule has 0 bridgehead atoms. The molecular weight excluding hydrogens is 222 g/mol. The van der Waals surface area contributed by atoms with Gasteiger partial charge in [-0.15, -0.1) is 5.92 Å². The van der Waals surface area contributed by atoms with Crippen LogP contribution in [0, 0.1) is 22.0 Å². The van der Waals surface area contributed by atoms with Gasteiger partial charge in [0.2, 0.25) is 0 Å². The average molecular weight is 235 g/mol. The van der Waals surface area contributed by atoms with Gasteiger partial charge in [-0.3, -0.25) is 10.1 Å². The molecule has 5 heteroatoms. The molecule has 0 saturated carbocycles. The van der Waals surface area contributed by atoms with Crippen LogP contribution in [-0.2, 0) is 0 Å². The molecule has 1 aromatic carbocycles. The summed E-state index contributed by atoms with van der Waals surface area (Å²) in [6, 6.07) is 4.19. The zero-order valence-corrected chi connectivity index (χ0v) is 9.73. The largest absolute Gasteiger partial charge is 0.493 e. The SMILES string of the molecule is CCC#CCOc1cc([N+](=O)[O-])ccc1OC. The van der Waals surface area contributed by atoms with Gasteiger partial charge in [-0.05, 0) is 6.07 Å². The molecule has 0 aliphatic heterocycles. The van der Waals surface area contributed by atoms with Crippen molar-refractivity contribution in [2.45, 2.75) is 13.3 Å². The van der Waals surface area contributed by atoms with Gasteiger partial charge in [-0.25, -0.2) is 0 Å². The summed E-state index contributed by atoms with van der Waals surface area (Å²) in [6.45, 7) is 2.12. The Kier molecular flexibility index (Phi) is 4.82. The predicted octanol–water partition coefficient (Wildman–Crippen LogP) is 2.40. The van der Waals surface area contributed by atoms with Gasteiger partial charge in [0.15, 0.2) is 11.5 Å². The molecule has 0 saturated heterocycles. The first kappa shape index (κ1) is 12.8. The molecule has 1 rings (SSSR count). The molecule has 0 atom stereocenters. The minimum Gasteiger partial charge on any atom is -0.493 e. The Morgan fingerprint density at radius 3 is 2.71 bits per heavy atom. The highest BCUT2D eigenvalue weighted by Gasteiger charge is 2.11. The molecule has 0 amide bonds. The Labute approximate surface area is 99.5 Å². The molecular formula is C12H13NO4. The fraction of sp³-hybridized carbons (Fsp3) is 0.333. The monoisotopic (exact) mass is 235 g/mol. The minimum atomic E-state index is -0.482. The van der Waals surface area contributed by atoms with E-state index in [9.17, 15) is 10.1 Å². The lowest BCUT2D eigenvalue weighted by molar-refractivity contribution is -0.385. The molecule has 0 radical (unpaired) electrons. The maximum absolute atomic E-state index is 10.6. The third kappa shape index (κ3) is 3.68. The number of methoxy groups -OCH3 is 1. The zero-order valence-electron chi connectivity index (χ0n) is 9.73. The van der Waals surface area contributed by atoms with Gasteiger partial charge in [0.25, 0.3) is 5.69 Å². The summed E-state index contributed by atoms with van der Waals surface area (Å²) in [6.07, 6.45) is 0.745. The topological polar surface area (TPSA) is 61.6 Å². The molecule has 0 heterocycles. The normalized spacial score (nSPS) is 9.06. The van der Waals surface area contributed by atoms with Crippen LogP contribution < -0.4 is 9.47 Å². The molecule has 0 aromatic heterocycles. The summed E-state index contributed by atoms with van der Waals surface area (Å²) in [5.74, 6) is 6.41. The molecule has 17 heavy (non-hydrogen) atoms. The molecule has 0 aliphatic rings. The summed E-state index contributed by atoms with van der Waals surface area (Å²) in [4.78, 5) is 10.1. The fourth-order valence-electron chi connectivity index (χ4n) is 1.18. The van der Waals surface area contributed by atoms with E-state index in [1.807, 2.05) is 6.92 Å². The zero-order chi connectivity index (χ0) is 12.7. The standard InChI is InChI=1S/C12H13NO4/c1-3-4-5-8-17-12-9-10(13(14)15)6-7-11(12)16-2/h6-7,9H,3,8H2,1-2H3. The quantitative estimate of drug-likeness (QED) is 0.456.